The van der Waals surface area contributed by atoms with Gasteiger partial charge < -0.3 is 0 Å². The molecule has 6 nitrogen and oxygen atoms in total. The molecule has 1 saturated carbocycles. The largest absolute Gasteiger partial charge is 0.248 e. The van der Waals surface area contributed by atoms with E-state index in [2.05, 4.69) is 14.3 Å². The Morgan fingerprint density at radius 1 is 1.17 bits per heavy atom. The van der Waals surface area contributed by atoms with Crippen LogP contribution in [0.3, 0.4) is 0 Å². The average Bonchev–Trinajstić information content (AvgIpc) is 3.36. The third kappa shape index (κ3) is 3.49. The van der Waals surface area contributed by atoms with Crippen molar-refractivity contribution < 1.29 is 8.42 Å². The zero-order chi connectivity index (χ0) is 16.6. The summed E-state index contributed by atoms with van der Waals surface area (Å²) in [6, 6.07) is 3.39. The molecule has 0 N–H and O–H groups in total. The topological polar surface area (TPSA) is 76.0 Å². The minimum atomic E-state index is -3.41. The van der Waals surface area contributed by atoms with Gasteiger partial charge in [-0.3, -0.25) is 0 Å². The van der Waals surface area contributed by atoms with E-state index >= 15 is 0 Å². The Kier molecular flexibility index (Phi) is 4.59. The lowest BCUT2D eigenvalue weighted by molar-refractivity contribution is 0.346. The Hall–Kier alpha value is -1.03. The van der Waals surface area contributed by atoms with E-state index in [0.29, 0.717) is 19.0 Å². The minimum Gasteiger partial charge on any atom is -0.248 e. The first-order chi connectivity index (χ1) is 11.6. The van der Waals surface area contributed by atoms with Crippen LogP contribution in [0.4, 0.5) is 0 Å². The number of hydrogen-bond donors (Lipinski definition) is 0. The van der Waals surface area contributed by atoms with E-state index in [1.807, 2.05) is 0 Å². The Bertz CT molecular complexity index is 809. The number of pyridine rings is 1. The highest BCUT2D eigenvalue weighted by Crippen LogP contribution is 2.40. The molecule has 0 bridgehead atoms. The van der Waals surface area contributed by atoms with Crippen molar-refractivity contribution >= 4 is 33.3 Å². The van der Waals surface area contributed by atoms with Gasteiger partial charge in [-0.15, -0.1) is 0 Å². The fourth-order valence-electron chi connectivity index (χ4n) is 2.69. The van der Waals surface area contributed by atoms with Gasteiger partial charge in [0.2, 0.25) is 10.0 Å². The maximum atomic E-state index is 12.6. The molecule has 0 radical (unpaired) electrons. The molecule has 0 amide bonds. The number of hydrogen-bond acceptors (Lipinski definition) is 7. The van der Waals surface area contributed by atoms with Crippen molar-refractivity contribution in [3.8, 4) is 0 Å². The van der Waals surface area contributed by atoms with E-state index in [9.17, 15) is 8.42 Å². The highest BCUT2D eigenvalue weighted by molar-refractivity contribution is 8.00. The SMILES string of the molecule is O=S(=O)(c1ccc(Sc2nc(C3CC3)ns2)nc1)N1CCCCC1. The van der Waals surface area contributed by atoms with Gasteiger partial charge >= 0.3 is 0 Å². The van der Waals surface area contributed by atoms with E-state index < -0.39 is 10.0 Å². The molecule has 2 aromatic rings. The van der Waals surface area contributed by atoms with Crippen molar-refractivity contribution in [1.29, 1.82) is 0 Å². The van der Waals surface area contributed by atoms with Crippen LogP contribution in [-0.2, 0) is 10.0 Å². The maximum Gasteiger partial charge on any atom is 0.244 e. The van der Waals surface area contributed by atoms with Crippen LogP contribution in [0.2, 0.25) is 0 Å². The predicted octanol–water partition coefficient (Wildman–Crippen LogP) is 3.14. The van der Waals surface area contributed by atoms with Gasteiger partial charge in [-0.1, -0.05) is 6.42 Å². The molecule has 0 spiro atoms. The number of piperidine rings is 1. The van der Waals surface area contributed by atoms with Gasteiger partial charge in [-0.05, 0) is 61.1 Å². The number of aromatic nitrogens is 3. The van der Waals surface area contributed by atoms with E-state index in [4.69, 9.17) is 0 Å². The molecule has 4 rings (SSSR count). The zero-order valence-corrected chi connectivity index (χ0v) is 15.5. The van der Waals surface area contributed by atoms with E-state index in [-0.39, 0.29) is 4.90 Å². The number of nitrogens with zero attached hydrogens (tertiary/aromatic N) is 4. The number of sulfonamides is 1. The highest BCUT2D eigenvalue weighted by atomic mass is 32.2. The quantitative estimate of drug-likeness (QED) is 0.791. The second kappa shape index (κ2) is 6.70. The molecule has 1 saturated heterocycles. The first kappa shape index (κ1) is 16.4. The molecule has 1 aliphatic heterocycles. The van der Waals surface area contributed by atoms with Crippen molar-refractivity contribution in [3.05, 3.63) is 24.2 Å². The summed E-state index contributed by atoms with van der Waals surface area (Å²) >= 11 is 2.81. The Morgan fingerprint density at radius 3 is 2.62 bits per heavy atom. The molecule has 128 valence electrons. The van der Waals surface area contributed by atoms with Crippen molar-refractivity contribution in [3.63, 3.8) is 0 Å². The van der Waals surface area contributed by atoms with Crippen molar-refractivity contribution in [1.82, 2.24) is 18.6 Å². The van der Waals surface area contributed by atoms with Gasteiger partial charge in [-0.25, -0.2) is 18.4 Å². The number of rotatable bonds is 5. The summed E-state index contributed by atoms with van der Waals surface area (Å²) in [5.41, 5.74) is 0. The van der Waals surface area contributed by atoms with Gasteiger partial charge in [0.1, 0.15) is 15.7 Å². The van der Waals surface area contributed by atoms with Crippen molar-refractivity contribution in [2.75, 3.05) is 13.1 Å². The van der Waals surface area contributed by atoms with E-state index in [1.165, 1.54) is 42.3 Å². The molecular formula is C15H18N4O2S3. The fraction of sp³-hybridized carbons (Fsp3) is 0.533. The summed E-state index contributed by atoms with van der Waals surface area (Å²) in [6.45, 7) is 1.21. The molecule has 1 aliphatic carbocycles. The smallest absolute Gasteiger partial charge is 0.244 e. The van der Waals surface area contributed by atoms with Crippen molar-refractivity contribution in [2.24, 2.45) is 0 Å². The minimum absolute atomic E-state index is 0.268. The highest BCUT2D eigenvalue weighted by Gasteiger charge is 2.28. The summed E-state index contributed by atoms with van der Waals surface area (Å²) < 4.78 is 32.0. The third-order valence-electron chi connectivity index (χ3n) is 4.22. The van der Waals surface area contributed by atoms with E-state index in [0.717, 1.165) is 34.5 Å². The monoisotopic (exact) mass is 382 g/mol. The van der Waals surface area contributed by atoms with Crippen LogP contribution in [0.25, 0.3) is 0 Å². The third-order valence-corrected chi connectivity index (χ3v) is 7.82. The summed E-state index contributed by atoms with van der Waals surface area (Å²) in [7, 11) is -3.41. The van der Waals surface area contributed by atoms with Gasteiger partial charge in [0.15, 0.2) is 4.34 Å². The maximum absolute atomic E-state index is 12.6. The average molecular weight is 383 g/mol. The lowest BCUT2D eigenvalue weighted by Gasteiger charge is -2.25. The second-order valence-corrected chi connectivity index (χ2v) is 10.0. The van der Waals surface area contributed by atoms with E-state index in [1.54, 1.807) is 16.4 Å². The molecule has 0 unspecified atom stereocenters. The molecule has 2 aliphatic rings. The Labute approximate surface area is 149 Å². The van der Waals surface area contributed by atoms with Gasteiger partial charge in [-0.2, -0.15) is 8.68 Å². The van der Waals surface area contributed by atoms with Crippen LogP contribution in [0.15, 0.2) is 32.6 Å². The molecule has 2 fully saturated rings. The van der Waals surface area contributed by atoms with Crippen LogP contribution in [0, 0.1) is 0 Å². The second-order valence-electron chi connectivity index (χ2n) is 6.09. The van der Waals surface area contributed by atoms with Gasteiger partial charge in [0.25, 0.3) is 0 Å². The van der Waals surface area contributed by atoms with Crippen LogP contribution >= 0.6 is 23.3 Å². The first-order valence-corrected chi connectivity index (χ1v) is 11.1. The predicted molar refractivity (Wildman–Crippen MR) is 92.9 cm³/mol. The Balaban J connectivity index is 1.47. The molecule has 9 heteroatoms. The standard InChI is InChI=1S/C15H18N4O2S3/c20-24(21,19-8-2-1-3-9-19)12-6-7-13(16-10-12)22-15-17-14(18-23-15)11-4-5-11/h6-7,10-11H,1-5,8-9H2. The zero-order valence-electron chi connectivity index (χ0n) is 13.1. The molecule has 0 aromatic carbocycles. The molecule has 3 heterocycles. The van der Waals surface area contributed by atoms with Crippen LogP contribution in [0.1, 0.15) is 43.8 Å². The lowest BCUT2D eigenvalue weighted by Crippen LogP contribution is -2.35. The molecule has 24 heavy (non-hydrogen) atoms. The van der Waals surface area contributed by atoms with Crippen LogP contribution in [-0.4, -0.2) is 40.2 Å². The Morgan fingerprint density at radius 2 is 1.96 bits per heavy atom. The molecule has 0 atom stereocenters. The summed E-state index contributed by atoms with van der Waals surface area (Å²) in [4.78, 5) is 9.09. The van der Waals surface area contributed by atoms with Gasteiger partial charge in [0, 0.05) is 25.2 Å². The molecule has 2 aromatic heterocycles. The van der Waals surface area contributed by atoms with Crippen LogP contribution in [0.5, 0.6) is 0 Å². The first-order valence-electron chi connectivity index (χ1n) is 8.10. The summed E-state index contributed by atoms with van der Waals surface area (Å²) in [5.74, 6) is 1.48. The summed E-state index contributed by atoms with van der Waals surface area (Å²) in [6.07, 6.45) is 6.78. The normalized spacial score (nSPS) is 19.5. The lowest BCUT2D eigenvalue weighted by atomic mass is 10.2. The summed E-state index contributed by atoms with van der Waals surface area (Å²) in [5, 5.41) is 0.742. The van der Waals surface area contributed by atoms with Gasteiger partial charge in [0.05, 0.1) is 0 Å². The molecular weight excluding hydrogens is 364 g/mol. The van der Waals surface area contributed by atoms with Crippen LogP contribution < -0.4 is 0 Å². The van der Waals surface area contributed by atoms with Crippen molar-refractivity contribution in [2.45, 2.75) is 52.3 Å². The fourth-order valence-corrected chi connectivity index (χ4v) is 5.73.